The highest BCUT2D eigenvalue weighted by Crippen LogP contribution is 2.19. The maximum Gasteiger partial charge on any atom is 0.361 e. The van der Waals surface area contributed by atoms with Gasteiger partial charge in [0.15, 0.2) is 6.10 Å². The van der Waals surface area contributed by atoms with Crippen molar-refractivity contribution in [2.24, 2.45) is 0 Å². The number of esters is 2. The molecule has 0 spiro atoms. The number of unbranched alkanes of at least 4 members (excludes halogenated alkanes) is 51. The molecular formula is C78H148NO8+. The van der Waals surface area contributed by atoms with Gasteiger partial charge in [0, 0.05) is 12.8 Å². The maximum absolute atomic E-state index is 13.0. The van der Waals surface area contributed by atoms with Gasteiger partial charge in [0.05, 0.1) is 34.4 Å². The molecule has 0 aliphatic heterocycles. The molecule has 9 heteroatoms. The summed E-state index contributed by atoms with van der Waals surface area (Å²) in [5.74, 6) is -1.98. The molecule has 0 fully saturated rings. The summed E-state index contributed by atoms with van der Waals surface area (Å²) in [6.45, 7) is 4.94. The van der Waals surface area contributed by atoms with Gasteiger partial charge in [-0.1, -0.05) is 359 Å². The van der Waals surface area contributed by atoms with Crippen molar-refractivity contribution in [1.29, 1.82) is 0 Å². The Labute approximate surface area is 540 Å². The molecule has 0 aromatic heterocycles. The van der Waals surface area contributed by atoms with Crippen LogP contribution in [-0.4, -0.2) is 87.4 Å². The fourth-order valence-corrected chi connectivity index (χ4v) is 11.6. The zero-order valence-corrected chi connectivity index (χ0v) is 58.7. The van der Waals surface area contributed by atoms with E-state index in [1.165, 1.54) is 308 Å². The lowest BCUT2D eigenvalue weighted by molar-refractivity contribution is -0.870. The van der Waals surface area contributed by atoms with E-state index in [-0.39, 0.29) is 38.2 Å². The monoisotopic (exact) mass is 1230 g/mol. The van der Waals surface area contributed by atoms with E-state index in [4.69, 9.17) is 18.9 Å². The van der Waals surface area contributed by atoms with E-state index in [0.29, 0.717) is 17.4 Å². The first-order valence-corrected chi connectivity index (χ1v) is 38.2. The van der Waals surface area contributed by atoms with Crippen LogP contribution < -0.4 is 0 Å². The van der Waals surface area contributed by atoms with Crippen molar-refractivity contribution in [1.82, 2.24) is 0 Å². The third-order valence-electron chi connectivity index (χ3n) is 17.4. The Hall–Kier alpha value is -2.49. The Bertz CT molecular complexity index is 1520. The molecule has 0 aliphatic rings. The van der Waals surface area contributed by atoms with Crippen LogP contribution in [0, 0.1) is 0 Å². The summed E-state index contributed by atoms with van der Waals surface area (Å²) in [5, 5.41) is 9.76. The molecule has 0 aromatic carbocycles. The highest BCUT2D eigenvalue weighted by Gasteiger charge is 2.25. The molecule has 2 atom stereocenters. The summed E-state index contributed by atoms with van der Waals surface area (Å²) >= 11 is 0. The molecule has 0 aromatic rings. The van der Waals surface area contributed by atoms with Crippen LogP contribution in [0.5, 0.6) is 0 Å². The summed E-state index contributed by atoms with van der Waals surface area (Å²) in [5.41, 5.74) is 0. The van der Waals surface area contributed by atoms with E-state index >= 15 is 0 Å². The number of ether oxygens (including phenoxy) is 4. The minimum atomic E-state index is -1.51. The second-order valence-corrected chi connectivity index (χ2v) is 27.3. The van der Waals surface area contributed by atoms with Crippen molar-refractivity contribution >= 4 is 17.9 Å². The number of hydrogen-bond acceptors (Lipinski definition) is 7. The van der Waals surface area contributed by atoms with E-state index in [9.17, 15) is 19.5 Å². The van der Waals surface area contributed by atoms with Crippen LogP contribution >= 0.6 is 0 Å². The molecule has 0 saturated heterocycles. The Morgan fingerprint density at radius 2 is 0.621 bits per heavy atom. The molecule has 0 amide bonds. The zero-order chi connectivity index (χ0) is 63.3. The van der Waals surface area contributed by atoms with Crippen molar-refractivity contribution in [2.45, 2.75) is 399 Å². The fourth-order valence-electron chi connectivity index (χ4n) is 11.6. The summed E-state index contributed by atoms with van der Waals surface area (Å²) in [6, 6.07) is 0. The fraction of sp³-hybridized carbons (Fsp3) is 0.885. The zero-order valence-electron chi connectivity index (χ0n) is 58.7. The molecule has 0 rings (SSSR count). The molecule has 0 heterocycles. The molecule has 0 bridgehead atoms. The van der Waals surface area contributed by atoms with E-state index in [1.54, 1.807) is 0 Å². The van der Waals surface area contributed by atoms with Crippen LogP contribution in [0.1, 0.15) is 386 Å². The minimum absolute atomic E-state index is 0.178. The number of carbonyl (C=O) groups is 3. The number of hydrogen-bond donors (Lipinski definition) is 1. The van der Waals surface area contributed by atoms with Gasteiger partial charge in [-0.3, -0.25) is 9.59 Å². The van der Waals surface area contributed by atoms with Crippen LogP contribution in [0.15, 0.2) is 36.5 Å². The van der Waals surface area contributed by atoms with Crippen molar-refractivity contribution in [3.63, 3.8) is 0 Å². The van der Waals surface area contributed by atoms with Gasteiger partial charge in [-0.05, 0) is 51.4 Å². The maximum atomic E-state index is 13.0. The molecule has 2 unspecified atom stereocenters. The number of rotatable bonds is 72. The third kappa shape index (κ3) is 70.8. The SMILES string of the molecule is CCCCCCC/C=C\C/C=C\C/C=C\CCCCCCCCCCCCCCC(=O)OC(COC(=O)CCCCCCCCCCCCCCCCCCCCCCCCCCCCCCCCCCCCC)COC(OCC[N+](C)(C)C)C(=O)O. The summed E-state index contributed by atoms with van der Waals surface area (Å²) in [6.07, 6.45) is 85.8. The Kier molecular flexibility index (Phi) is 67.4. The number of likely N-dealkylation sites (N-methyl/N-ethyl adjacent to an activating group) is 1. The summed E-state index contributed by atoms with van der Waals surface area (Å²) in [7, 11) is 5.99. The highest BCUT2D eigenvalue weighted by atomic mass is 16.7. The molecule has 0 radical (unpaired) electrons. The Morgan fingerprint density at radius 3 is 0.920 bits per heavy atom. The molecular weight excluding hydrogens is 1080 g/mol. The minimum Gasteiger partial charge on any atom is -0.477 e. The van der Waals surface area contributed by atoms with Crippen LogP contribution in [0.25, 0.3) is 0 Å². The normalized spacial score (nSPS) is 12.8. The van der Waals surface area contributed by atoms with Crippen molar-refractivity contribution in [2.75, 3.05) is 47.5 Å². The standard InChI is InChI=1S/C78H147NO8/c1-6-8-10-12-14-16-18-20-22-24-26-28-30-32-34-35-36-37-38-39-40-41-43-44-46-48-50-52-54-56-58-60-62-64-66-68-75(80)85-72-74(73-86-78(77(82)83)84-71-70-79(3,4)5)87-76(81)69-67-65-63-61-59-57-55-53-51-49-47-45-42-33-31-29-27-25-23-21-19-17-15-13-11-9-7-2/h19,21,25,27,31,33,74,78H,6-18,20,22-24,26,28-30,32,34-73H2,1-5H3/p+1/b21-19-,27-25-,33-31-. The first-order chi connectivity index (χ1) is 42.6. The largest absolute Gasteiger partial charge is 0.477 e. The number of nitrogens with zero attached hydrogens (tertiary/aromatic N) is 1. The molecule has 1 N–H and O–H groups in total. The lowest BCUT2D eigenvalue weighted by atomic mass is 10.0. The average Bonchev–Trinajstić information content (AvgIpc) is 3.56. The van der Waals surface area contributed by atoms with Gasteiger partial charge in [-0.2, -0.15) is 0 Å². The lowest BCUT2D eigenvalue weighted by Crippen LogP contribution is -2.40. The van der Waals surface area contributed by atoms with Gasteiger partial charge < -0.3 is 28.5 Å². The molecule has 87 heavy (non-hydrogen) atoms. The van der Waals surface area contributed by atoms with Crippen LogP contribution in [0.3, 0.4) is 0 Å². The first-order valence-electron chi connectivity index (χ1n) is 38.2. The Morgan fingerprint density at radius 1 is 0.345 bits per heavy atom. The summed E-state index contributed by atoms with van der Waals surface area (Å²) < 4.78 is 23.0. The van der Waals surface area contributed by atoms with Gasteiger partial charge >= 0.3 is 17.9 Å². The van der Waals surface area contributed by atoms with Crippen LogP contribution in [-0.2, 0) is 33.3 Å². The quantitative estimate of drug-likeness (QED) is 0.0211. The topological polar surface area (TPSA) is 108 Å². The predicted molar refractivity (Wildman–Crippen MR) is 374 cm³/mol. The first kappa shape index (κ1) is 84.5. The summed E-state index contributed by atoms with van der Waals surface area (Å²) in [4.78, 5) is 37.7. The number of carboxylic acids is 1. The van der Waals surface area contributed by atoms with Crippen LogP contribution in [0.2, 0.25) is 0 Å². The van der Waals surface area contributed by atoms with E-state index in [2.05, 4.69) is 50.3 Å². The number of carboxylic acid groups (broad SMARTS) is 1. The third-order valence-corrected chi connectivity index (χ3v) is 17.4. The second-order valence-electron chi connectivity index (χ2n) is 27.3. The number of allylic oxidation sites excluding steroid dienone is 6. The van der Waals surface area contributed by atoms with Gasteiger partial charge in [0.2, 0.25) is 0 Å². The van der Waals surface area contributed by atoms with E-state index < -0.39 is 18.4 Å². The van der Waals surface area contributed by atoms with Gasteiger partial charge in [-0.15, -0.1) is 0 Å². The van der Waals surface area contributed by atoms with Gasteiger partial charge in [0.1, 0.15) is 13.2 Å². The molecule has 9 nitrogen and oxygen atoms in total. The van der Waals surface area contributed by atoms with Crippen molar-refractivity contribution < 1.29 is 42.9 Å². The van der Waals surface area contributed by atoms with Gasteiger partial charge in [-0.25, -0.2) is 4.79 Å². The number of carbonyl (C=O) groups excluding carboxylic acids is 2. The van der Waals surface area contributed by atoms with Crippen molar-refractivity contribution in [3.8, 4) is 0 Å². The predicted octanol–water partition coefficient (Wildman–Crippen LogP) is 23.9. The second kappa shape index (κ2) is 69.4. The average molecular weight is 1230 g/mol. The molecule has 0 aliphatic carbocycles. The molecule has 512 valence electrons. The molecule has 0 saturated carbocycles. The van der Waals surface area contributed by atoms with Crippen molar-refractivity contribution in [3.05, 3.63) is 36.5 Å². The van der Waals surface area contributed by atoms with E-state index in [1.807, 2.05) is 21.1 Å². The number of quaternary nitrogens is 1. The number of aliphatic carboxylic acids is 1. The van der Waals surface area contributed by atoms with E-state index in [0.717, 1.165) is 51.4 Å². The highest BCUT2D eigenvalue weighted by molar-refractivity contribution is 5.71. The Balaban J connectivity index is 4.00. The van der Waals surface area contributed by atoms with Gasteiger partial charge in [0.25, 0.3) is 6.29 Å². The van der Waals surface area contributed by atoms with Crippen LogP contribution in [0.4, 0.5) is 0 Å². The smallest absolute Gasteiger partial charge is 0.361 e. The lowest BCUT2D eigenvalue weighted by Gasteiger charge is -2.25.